The molecule has 1 heterocycles. The SMILES string of the molecule is CCCCCCCCOCn1cc[n+](C)c1.[Cl-]. The Morgan fingerprint density at radius 2 is 1.82 bits per heavy atom. The van der Waals surface area contributed by atoms with E-state index in [9.17, 15) is 0 Å². The summed E-state index contributed by atoms with van der Waals surface area (Å²) < 4.78 is 9.66. The van der Waals surface area contributed by atoms with Gasteiger partial charge in [-0.1, -0.05) is 39.0 Å². The molecule has 17 heavy (non-hydrogen) atoms. The van der Waals surface area contributed by atoms with Crippen molar-refractivity contribution in [1.82, 2.24) is 4.57 Å². The van der Waals surface area contributed by atoms with Gasteiger partial charge >= 0.3 is 0 Å². The van der Waals surface area contributed by atoms with Crippen molar-refractivity contribution in [3.05, 3.63) is 18.7 Å². The number of aromatic nitrogens is 2. The van der Waals surface area contributed by atoms with E-state index in [4.69, 9.17) is 4.74 Å². The van der Waals surface area contributed by atoms with Gasteiger partial charge in [0.1, 0.15) is 12.4 Å². The standard InChI is InChI=1S/C13H25N2O.ClH/c1-3-4-5-6-7-8-11-16-13-15-10-9-14(2)12-15;/h9-10,12H,3-8,11,13H2,1-2H3;1H/q+1;/p-1. The van der Waals surface area contributed by atoms with Crippen molar-refractivity contribution in [2.75, 3.05) is 6.61 Å². The molecule has 0 saturated heterocycles. The van der Waals surface area contributed by atoms with Gasteiger partial charge in [-0.05, 0) is 6.42 Å². The Hall–Kier alpha value is -0.540. The molecule has 1 aromatic heterocycles. The molecule has 0 N–H and O–H groups in total. The van der Waals surface area contributed by atoms with Crippen LogP contribution in [-0.2, 0) is 18.5 Å². The van der Waals surface area contributed by atoms with Gasteiger partial charge in [-0.3, -0.25) is 0 Å². The molecule has 0 atom stereocenters. The van der Waals surface area contributed by atoms with Crippen LogP contribution in [0.2, 0.25) is 0 Å². The number of aryl methyl sites for hydroxylation is 1. The number of nitrogens with zero attached hydrogens (tertiary/aromatic N) is 2. The van der Waals surface area contributed by atoms with Gasteiger partial charge in [-0.25, -0.2) is 9.13 Å². The number of halogens is 1. The highest BCUT2D eigenvalue weighted by Crippen LogP contribution is 2.04. The van der Waals surface area contributed by atoms with Gasteiger partial charge < -0.3 is 17.1 Å². The van der Waals surface area contributed by atoms with Gasteiger partial charge in [0, 0.05) is 0 Å². The molecule has 0 bridgehead atoms. The molecular formula is C13H25ClN2O. The van der Waals surface area contributed by atoms with Crippen LogP contribution >= 0.6 is 0 Å². The van der Waals surface area contributed by atoms with Crippen LogP contribution in [0, 0.1) is 0 Å². The summed E-state index contributed by atoms with van der Waals surface area (Å²) in [5.41, 5.74) is 0. The lowest BCUT2D eigenvalue weighted by Gasteiger charge is -2.01. The number of ether oxygens (including phenoxy) is 1. The van der Waals surface area contributed by atoms with Crippen molar-refractivity contribution < 1.29 is 21.7 Å². The second kappa shape index (κ2) is 10.6. The van der Waals surface area contributed by atoms with Crippen LogP contribution < -0.4 is 17.0 Å². The van der Waals surface area contributed by atoms with E-state index in [1.165, 1.54) is 38.5 Å². The van der Waals surface area contributed by atoms with Crippen LogP contribution in [0.3, 0.4) is 0 Å². The van der Waals surface area contributed by atoms with Crippen LogP contribution in [0.25, 0.3) is 0 Å². The lowest BCUT2D eigenvalue weighted by molar-refractivity contribution is -0.671. The topological polar surface area (TPSA) is 18.0 Å². The predicted molar refractivity (Wildman–Crippen MR) is 64.9 cm³/mol. The molecule has 0 saturated carbocycles. The second-order valence-corrected chi connectivity index (χ2v) is 4.40. The Kier molecular flexibility index (Phi) is 10.3. The summed E-state index contributed by atoms with van der Waals surface area (Å²) in [7, 11) is 2.02. The largest absolute Gasteiger partial charge is 1.00 e. The molecule has 1 rings (SSSR count). The van der Waals surface area contributed by atoms with E-state index in [0.717, 1.165) is 6.61 Å². The average Bonchev–Trinajstić information content (AvgIpc) is 2.68. The molecular weight excluding hydrogens is 236 g/mol. The third kappa shape index (κ3) is 8.22. The normalized spacial score (nSPS) is 10.2. The molecule has 0 amide bonds. The van der Waals surface area contributed by atoms with Crippen molar-refractivity contribution in [3.8, 4) is 0 Å². The van der Waals surface area contributed by atoms with E-state index in [-0.39, 0.29) is 12.4 Å². The fraction of sp³-hybridized carbons (Fsp3) is 0.769. The van der Waals surface area contributed by atoms with Gasteiger partial charge in [0.15, 0.2) is 6.73 Å². The fourth-order valence-corrected chi connectivity index (χ4v) is 1.73. The Bertz CT molecular complexity index is 276. The molecule has 0 unspecified atom stereocenters. The predicted octanol–water partition coefficient (Wildman–Crippen LogP) is -0.349. The Labute approximate surface area is 111 Å². The van der Waals surface area contributed by atoms with Crippen LogP contribution in [0.4, 0.5) is 0 Å². The molecule has 0 aromatic carbocycles. The molecule has 0 radical (unpaired) electrons. The lowest BCUT2D eigenvalue weighted by Crippen LogP contribution is -3.00. The van der Waals surface area contributed by atoms with Gasteiger partial charge in [-0.15, -0.1) is 0 Å². The lowest BCUT2D eigenvalue weighted by atomic mass is 10.1. The highest BCUT2D eigenvalue weighted by molar-refractivity contribution is 4.63. The third-order valence-corrected chi connectivity index (χ3v) is 2.71. The molecule has 100 valence electrons. The van der Waals surface area contributed by atoms with Crippen LogP contribution in [-0.4, -0.2) is 11.2 Å². The number of hydrogen-bond acceptors (Lipinski definition) is 1. The summed E-state index contributed by atoms with van der Waals surface area (Å²) in [6.07, 6.45) is 14.0. The second-order valence-electron chi connectivity index (χ2n) is 4.40. The Morgan fingerprint density at radius 1 is 1.12 bits per heavy atom. The third-order valence-electron chi connectivity index (χ3n) is 2.71. The summed E-state index contributed by atoms with van der Waals surface area (Å²) in [5, 5.41) is 0. The smallest absolute Gasteiger partial charge is 0.245 e. The summed E-state index contributed by atoms with van der Waals surface area (Å²) in [4.78, 5) is 0. The first-order valence-corrected chi connectivity index (χ1v) is 6.41. The zero-order valence-electron chi connectivity index (χ0n) is 11.1. The van der Waals surface area contributed by atoms with Gasteiger partial charge in [-0.2, -0.15) is 0 Å². The zero-order valence-corrected chi connectivity index (χ0v) is 11.8. The molecule has 0 fully saturated rings. The zero-order chi connectivity index (χ0) is 11.6. The van der Waals surface area contributed by atoms with Crippen molar-refractivity contribution in [3.63, 3.8) is 0 Å². The minimum absolute atomic E-state index is 0. The average molecular weight is 261 g/mol. The van der Waals surface area contributed by atoms with E-state index in [0.29, 0.717) is 6.73 Å². The molecule has 3 nitrogen and oxygen atoms in total. The van der Waals surface area contributed by atoms with Gasteiger partial charge in [0.05, 0.1) is 13.7 Å². The Morgan fingerprint density at radius 3 is 2.47 bits per heavy atom. The number of unbranched alkanes of at least 4 members (excludes halogenated alkanes) is 5. The van der Waals surface area contributed by atoms with Crippen LogP contribution in [0.5, 0.6) is 0 Å². The molecule has 1 aromatic rings. The summed E-state index contributed by atoms with van der Waals surface area (Å²) in [6.45, 7) is 3.81. The maximum atomic E-state index is 5.59. The molecule has 0 aliphatic carbocycles. The van der Waals surface area contributed by atoms with E-state index in [2.05, 4.69) is 11.5 Å². The molecule has 4 heteroatoms. The Balaban J connectivity index is 0.00000256. The minimum Gasteiger partial charge on any atom is -1.00 e. The maximum Gasteiger partial charge on any atom is 0.245 e. The monoisotopic (exact) mass is 260 g/mol. The van der Waals surface area contributed by atoms with E-state index < -0.39 is 0 Å². The van der Waals surface area contributed by atoms with Crippen molar-refractivity contribution in [1.29, 1.82) is 0 Å². The number of hydrogen-bond donors (Lipinski definition) is 0. The molecule has 0 aliphatic heterocycles. The highest BCUT2D eigenvalue weighted by Gasteiger charge is 1.98. The number of imidazole rings is 1. The van der Waals surface area contributed by atoms with Crippen LogP contribution in [0.15, 0.2) is 18.7 Å². The molecule has 0 spiro atoms. The quantitative estimate of drug-likeness (QED) is 0.439. The van der Waals surface area contributed by atoms with E-state index >= 15 is 0 Å². The van der Waals surface area contributed by atoms with E-state index in [1.54, 1.807) is 0 Å². The molecule has 0 aliphatic rings. The summed E-state index contributed by atoms with van der Waals surface area (Å²) in [5.74, 6) is 0. The first-order valence-electron chi connectivity index (χ1n) is 6.41. The number of rotatable bonds is 9. The van der Waals surface area contributed by atoms with Crippen molar-refractivity contribution in [2.24, 2.45) is 7.05 Å². The van der Waals surface area contributed by atoms with Gasteiger partial charge in [0.25, 0.3) is 0 Å². The first-order chi connectivity index (χ1) is 7.83. The van der Waals surface area contributed by atoms with Crippen LogP contribution in [0.1, 0.15) is 45.4 Å². The first kappa shape index (κ1) is 16.5. The minimum atomic E-state index is 0. The fourth-order valence-electron chi connectivity index (χ4n) is 1.73. The van der Waals surface area contributed by atoms with Crippen molar-refractivity contribution in [2.45, 2.75) is 52.2 Å². The van der Waals surface area contributed by atoms with E-state index in [1.807, 2.05) is 30.3 Å². The van der Waals surface area contributed by atoms with Gasteiger partial charge in [0.2, 0.25) is 6.33 Å². The highest BCUT2D eigenvalue weighted by atomic mass is 35.5. The maximum absolute atomic E-state index is 5.59. The summed E-state index contributed by atoms with van der Waals surface area (Å²) >= 11 is 0. The summed E-state index contributed by atoms with van der Waals surface area (Å²) in [6, 6.07) is 0. The van der Waals surface area contributed by atoms with Crippen molar-refractivity contribution >= 4 is 0 Å².